The molecule has 0 aliphatic carbocycles. The molecule has 2 rings (SSSR count). The van der Waals surface area contributed by atoms with Crippen molar-refractivity contribution >= 4 is 22.9 Å². The molecule has 0 aliphatic rings. The number of carbonyl (C=O) groups is 2. The van der Waals surface area contributed by atoms with Crippen LogP contribution in [0.2, 0.25) is 0 Å². The van der Waals surface area contributed by atoms with Crippen molar-refractivity contribution in [3.05, 3.63) is 42.2 Å². The van der Waals surface area contributed by atoms with Gasteiger partial charge in [-0.1, -0.05) is 18.7 Å². The number of nitrogens with one attached hydrogen (secondary N) is 1. The average molecular weight is 329 g/mol. The lowest BCUT2D eigenvalue weighted by Gasteiger charge is -2.11. The number of hydrogen-bond donors (Lipinski definition) is 1. The highest BCUT2D eigenvalue weighted by molar-refractivity contribution is 5.92. The van der Waals surface area contributed by atoms with Crippen LogP contribution in [0.1, 0.15) is 26.6 Å². The molecule has 1 amide bonds. The molecule has 1 aromatic carbocycles. The van der Waals surface area contributed by atoms with Crippen LogP contribution in [-0.2, 0) is 27.3 Å². The molecule has 6 nitrogen and oxygen atoms in total. The van der Waals surface area contributed by atoms with Crippen molar-refractivity contribution in [2.45, 2.75) is 39.8 Å². The van der Waals surface area contributed by atoms with Crippen molar-refractivity contribution in [3.63, 3.8) is 0 Å². The van der Waals surface area contributed by atoms with Crippen LogP contribution in [0.5, 0.6) is 0 Å². The Morgan fingerprint density at radius 2 is 2.04 bits per heavy atom. The second-order valence-electron chi connectivity index (χ2n) is 5.93. The lowest BCUT2D eigenvalue weighted by molar-refractivity contribution is -0.148. The van der Waals surface area contributed by atoms with Crippen LogP contribution in [0.4, 0.5) is 0 Å². The van der Waals surface area contributed by atoms with Crippen molar-refractivity contribution in [2.24, 2.45) is 0 Å². The fraction of sp³-hybridized carbons (Fsp3) is 0.389. The lowest BCUT2D eigenvalue weighted by Crippen LogP contribution is -2.27. The Morgan fingerprint density at radius 3 is 2.71 bits per heavy atom. The van der Waals surface area contributed by atoms with Gasteiger partial charge in [-0.3, -0.25) is 9.59 Å². The number of aromatic nitrogens is 2. The van der Waals surface area contributed by atoms with Crippen LogP contribution in [0, 0.1) is 0 Å². The summed E-state index contributed by atoms with van der Waals surface area (Å²) in [4.78, 5) is 28.2. The maximum atomic E-state index is 12.0. The quantitative estimate of drug-likeness (QED) is 0.624. The Morgan fingerprint density at radius 1 is 1.33 bits per heavy atom. The highest BCUT2D eigenvalue weighted by Gasteiger charge is 2.15. The minimum atomic E-state index is -0.305. The molecule has 0 unspecified atom stereocenters. The van der Waals surface area contributed by atoms with Gasteiger partial charge in [0, 0.05) is 18.5 Å². The summed E-state index contributed by atoms with van der Waals surface area (Å²) in [7, 11) is 0. The molecule has 0 radical (unpaired) electrons. The summed E-state index contributed by atoms with van der Waals surface area (Å²) in [6.45, 7) is 9.42. The van der Waals surface area contributed by atoms with Crippen LogP contribution < -0.4 is 5.32 Å². The molecule has 0 atom stereocenters. The van der Waals surface area contributed by atoms with E-state index >= 15 is 0 Å². The molecule has 0 bridgehead atoms. The second-order valence-corrected chi connectivity index (χ2v) is 5.93. The fourth-order valence-electron chi connectivity index (χ4n) is 2.36. The van der Waals surface area contributed by atoms with Crippen molar-refractivity contribution < 1.29 is 14.3 Å². The topological polar surface area (TPSA) is 73.2 Å². The molecule has 1 heterocycles. The van der Waals surface area contributed by atoms with E-state index in [9.17, 15) is 9.59 Å². The molecule has 24 heavy (non-hydrogen) atoms. The van der Waals surface area contributed by atoms with E-state index in [4.69, 9.17) is 4.74 Å². The number of ether oxygens (including phenoxy) is 1. The number of amides is 1. The zero-order valence-corrected chi connectivity index (χ0v) is 14.3. The average Bonchev–Trinajstić information content (AvgIpc) is 2.84. The molecular weight excluding hydrogens is 306 g/mol. The van der Waals surface area contributed by atoms with Gasteiger partial charge < -0.3 is 14.6 Å². The van der Waals surface area contributed by atoms with Gasteiger partial charge in [-0.15, -0.1) is 0 Å². The third kappa shape index (κ3) is 4.44. The Balaban J connectivity index is 2.18. The van der Waals surface area contributed by atoms with Crippen molar-refractivity contribution in [1.29, 1.82) is 0 Å². The zero-order valence-electron chi connectivity index (χ0n) is 14.3. The highest BCUT2D eigenvalue weighted by atomic mass is 16.5. The summed E-state index contributed by atoms with van der Waals surface area (Å²) in [5, 5.41) is 2.78. The number of carbonyl (C=O) groups excluding carboxylic acids is 2. The molecule has 128 valence electrons. The number of para-hydroxylation sites is 2. The minimum Gasteiger partial charge on any atom is -0.462 e. The van der Waals surface area contributed by atoms with E-state index in [0.29, 0.717) is 18.5 Å². The van der Waals surface area contributed by atoms with E-state index in [1.54, 1.807) is 6.92 Å². The first kappa shape index (κ1) is 17.7. The first-order chi connectivity index (χ1) is 11.4. The van der Waals surface area contributed by atoms with Gasteiger partial charge in [0.2, 0.25) is 5.91 Å². The Kier molecular flexibility index (Phi) is 5.73. The van der Waals surface area contributed by atoms with E-state index in [-0.39, 0.29) is 24.5 Å². The smallest absolute Gasteiger partial charge is 0.326 e. The summed E-state index contributed by atoms with van der Waals surface area (Å²) >= 11 is 0. The van der Waals surface area contributed by atoms with Crippen molar-refractivity contribution in [3.8, 4) is 0 Å². The maximum absolute atomic E-state index is 12.0. The van der Waals surface area contributed by atoms with Crippen LogP contribution in [0.25, 0.3) is 11.0 Å². The fourth-order valence-corrected chi connectivity index (χ4v) is 2.36. The van der Waals surface area contributed by atoms with Gasteiger partial charge in [-0.2, -0.15) is 0 Å². The molecule has 2 aromatic rings. The predicted molar refractivity (Wildman–Crippen MR) is 92.5 cm³/mol. The van der Waals surface area contributed by atoms with E-state index in [1.807, 2.05) is 42.7 Å². The van der Waals surface area contributed by atoms with E-state index in [0.717, 1.165) is 16.9 Å². The number of rotatable bonds is 7. The first-order valence-corrected chi connectivity index (χ1v) is 7.95. The molecule has 1 aromatic heterocycles. The third-order valence-corrected chi connectivity index (χ3v) is 3.41. The van der Waals surface area contributed by atoms with Crippen LogP contribution in [-0.4, -0.2) is 34.1 Å². The number of hydrogen-bond acceptors (Lipinski definition) is 4. The van der Waals surface area contributed by atoms with Crippen molar-refractivity contribution in [2.75, 3.05) is 6.54 Å². The van der Waals surface area contributed by atoms with Crippen LogP contribution >= 0.6 is 0 Å². The molecule has 0 spiro atoms. The summed E-state index contributed by atoms with van der Waals surface area (Å²) in [5.74, 6) is 0.246. The van der Waals surface area contributed by atoms with Crippen LogP contribution in [0.15, 0.2) is 36.4 Å². The Bertz CT molecular complexity index is 762. The summed E-state index contributed by atoms with van der Waals surface area (Å²) in [5.41, 5.74) is 2.15. The van der Waals surface area contributed by atoms with E-state index in [1.165, 1.54) is 0 Å². The normalized spacial score (nSPS) is 10.8. The molecule has 0 fully saturated rings. The van der Waals surface area contributed by atoms with E-state index < -0.39 is 0 Å². The Hall–Kier alpha value is -2.63. The molecule has 0 saturated heterocycles. The van der Waals surface area contributed by atoms with E-state index in [2.05, 4.69) is 16.9 Å². The minimum absolute atomic E-state index is 0.0997. The highest BCUT2D eigenvalue weighted by Crippen LogP contribution is 2.16. The predicted octanol–water partition coefficient (Wildman–Crippen LogP) is 2.22. The number of esters is 1. The molecule has 0 saturated carbocycles. The molecule has 6 heteroatoms. The number of fused-ring (bicyclic) bond motifs is 1. The largest absolute Gasteiger partial charge is 0.462 e. The first-order valence-electron chi connectivity index (χ1n) is 7.95. The van der Waals surface area contributed by atoms with Gasteiger partial charge in [-0.05, 0) is 32.9 Å². The number of nitrogens with zero attached hydrogens (tertiary/aromatic N) is 2. The summed E-state index contributed by atoms with van der Waals surface area (Å²) < 4.78 is 7.07. The molecule has 1 N–H and O–H groups in total. The standard InChI is InChI=1S/C18H23N3O3/c1-12(2)18(23)19-10-9-16-20-14-7-5-6-8-15(14)21(16)11-17(22)24-13(3)4/h5-8,13H,1,9-11H2,2-4H3,(H,19,23). The molecular formula is C18H23N3O3. The van der Waals surface area contributed by atoms with Crippen LogP contribution in [0.3, 0.4) is 0 Å². The van der Waals surface area contributed by atoms with Gasteiger partial charge in [0.15, 0.2) is 0 Å². The zero-order chi connectivity index (χ0) is 17.7. The summed E-state index contributed by atoms with van der Waals surface area (Å²) in [6, 6.07) is 7.62. The van der Waals surface area contributed by atoms with Gasteiger partial charge in [0.1, 0.15) is 12.4 Å². The SMILES string of the molecule is C=C(C)C(=O)NCCc1nc2ccccc2n1CC(=O)OC(C)C. The number of imidazole rings is 1. The lowest BCUT2D eigenvalue weighted by atomic mass is 10.3. The van der Waals surface area contributed by atoms with Crippen molar-refractivity contribution in [1.82, 2.24) is 14.9 Å². The Labute approximate surface area is 141 Å². The third-order valence-electron chi connectivity index (χ3n) is 3.41. The van der Waals surface area contributed by atoms with Gasteiger partial charge >= 0.3 is 5.97 Å². The monoisotopic (exact) mass is 329 g/mol. The maximum Gasteiger partial charge on any atom is 0.326 e. The summed E-state index contributed by atoms with van der Waals surface area (Å²) in [6.07, 6.45) is 0.355. The van der Waals surface area contributed by atoms with Gasteiger partial charge in [0.25, 0.3) is 0 Å². The van der Waals surface area contributed by atoms with Gasteiger partial charge in [-0.25, -0.2) is 4.98 Å². The van der Waals surface area contributed by atoms with Gasteiger partial charge in [0.05, 0.1) is 17.1 Å². The second kappa shape index (κ2) is 7.77. The molecule has 0 aliphatic heterocycles. The number of benzene rings is 1.